The van der Waals surface area contributed by atoms with Crippen molar-refractivity contribution in [2.75, 3.05) is 27.7 Å². The van der Waals surface area contributed by atoms with Gasteiger partial charge in [0.2, 0.25) is 15.9 Å². The van der Waals surface area contributed by atoms with Crippen LogP contribution in [0.3, 0.4) is 0 Å². The van der Waals surface area contributed by atoms with Gasteiger partial charge in [-0.3, -0.25) is 14.8 Å². The van der Waals surface area contributed by atoms with Crippen LogP contribution in [0.15, 0.2) is 60.7 Å². The highest BCUT2D eigenvalue weighted by Crippen LogP contribution is 2.31. The number of carbonyl (C=O) groups is 2. The van der Waals surface area contributed by atoms with Crippen molar-refractivity contribution in [2.45, 2.75) is 18.9 Å². The van der Waals surface area contributed by atoms with Crippen LogP contribution in [0.2, 0.25) is 5.15 Å². The monoisotopic (exact) mass is 515 g/mol. The van der Waals surface area contributed by atoms with E-state index in [0.29, 0.717) is 35.9 Å². The van der Waals surface area contributed by atoms with Crippen molar-refractivity contribution >= 4 is 39.2 Å². The summed E-state index contributed by atoms with van der Waals surface area (Å²) in [6.07, 6.45) is 2.33. The molecule has 12 heteroatoms. The molecule has 3 N–H and O–H groups in total. The molecule has 0 bridgehead atoms. The number of sulfonamides is 1. The van der Waals surface area contributed by atoms with Crippen LogP contribution < -0.4 is 20.3 Å². The summed E-state index contributed by atoms with van der Waals surface area (Å²) in [5, 5.41) is 13.1. The molecule has 1 fully saturated rings. The second kappa shape index (κ2) is 10.3. The van der Waals surface area contributed by atoms with Crippen LogP contribution in [-0.2, 0) is 14.8 Å². The zero-order chi connectivity index (χ0) is 25.0. The fraction of sp³-hybridized carbons (Fsp3) is 0.217. The van der Waals surface area contributed by atoms with Crippen LogP contribution in [0.25, 0.3) is 11.1 Å². The number of urea groups is 1. The topological polar surface area (TPSA) is 133 Å². The molecule has 4 rings (SSSR count). The molecule has 1 aromatic heterocycles. The minimum atomic E-state index is -3.43. The highest BCUT2D eigenvalue weighted by Gasteiger charge is 2.31. The van der Waals surface area contributed by atoms with Crippen molar-refractivity contribution in [2.24, 2.45) is 0 Å². The number of anilines is 3. The normalized spacial score (nSPS) is 16.0. The molecule has 3 aromatic rings. The summed E-state index contributed by atoms with van der Waals surface area (Å²) in [7, 11) is -3.43. The molecule has 1 saturated heterocycles. The van der Waals surface area contributed by atoms with Gasteiger partial charge in [0.05, 0.1) is 11.9 Å². The molecular formula is C23H24ClN6O4S+. The number of halogens is 1. The third-order valence-electron chi connectivity index (χ3n) is 5.34. The van der Waals surface area contributed by atoms with E-state index in [0.717, 1.165) is 17.4 Å². The molecular weight excluding hydrogens is 492 g/mol. The maximum atomic E-state index is 13.1. The van der Waals surface area contributed by atoms with E-state index in [1.807, 2.05) is 24.3 Å². The van der Waals surface area contributed by atoms with Crippen molar-refractivity contribution in [1.29, 1.82) is 0 Å². The van der Waals surface area contributed by atoms with Gasteiger partial charge in [0.25, 0.3) is 0 Å². The predicted octanol–water partition coefficient (Wildman–Crippen LogP) is 2.53. The average molecular weight is 516 g/mol. The van der Waals surface area contributed by atoms with Gasteiger partial charge in [0.1, 0.15) is 6.04 Å². The van der Waals surface area contributed by atoms with E-state index in [2.05, 4.69) is 25.6 Å². The van der Waals surface area contributed by atoms with E-state index in [-0.39, 0.29) is 11.7 Å². The van der Waals surface area contributed by atoms with Crippen LogP contribution in [-0.4, -0.2) is 49.4 Å². The summed E-state index contributed by atoms with van der Waals surface area (Å²) in [6.45, 7) is 0.524. The summed E-state index contributed by atoms with van der Waals surface area (Å²) >= 11 is 4.87. The largest absolute Gasteiger partial charge is 0.336 e. The Morgan fingerprint density at radius 2 is 1.80 bits per heavy atom. The summed E-state index contributed by atoms with van der Waals surface area (Å²) in [5.41, 5.74) is 2.67. The first-order valence-corrected chi connectivity index (χ1v) is 13.1. The summed E-state index contributed by atoms with van der Waals surface area (Å²) in [4.78, 5) is 27.1. The highest BCUT2D eigenvalue weighted by atomic mass is 35.5. The first kappa shape index (κ1) is 24.4. The number of hydrogen-bond acceptors (Lipinski definition) is 6. The van der Waals surface area contributed by atoms with E-state index < -0.39 is 22.1 Å². The molecule has 0 saturated carbocycles. The van der Waals surface area contributed by atoms with Gasteiger partial charge >= 0.3 is 11.2 Å². The number of rotatable bonds is 6. The van der Waals surface area contributed by atoms with Crippen molar-refractivity contribution in [3.05, 3.63) is 65.8 Å². The SMILES string of the molecule is CS(=O)(=O)Nc1ccccc1-c1ccc(N2CCC[C@@H](NC(=O)Nc3ccc([ClH+])nn3)C2=O)cc1. The number of carbonyl (C=O) groups excluding carboxylic acids is 2. The number of aromatic nitrogens is 2. The smallest absolute Gasteiger partial charge is 0.326 e. The van der Waals surface area contributed by atoms with Gasteiger partial charge in [0.15, 0.2) is 17.4 Å². The number of para-hydroxylation sites is 1. The lowest BCUT2D eigenvalue weighted by atomic mass is 10.0. The van der Waals surface area contributed by atoms with Gasteiger partial charge in [-0.2, -0.15) is 0 Å². The first-order valence-electron chi connectivity index (χ1n) is 10.8. The van der Waals surface area contributed by atoms with Crippen LogP contribution >= 0.6 is 0 Å². The van der Waals surface area contributed by atoms with Crippen molar-refractivity contribution < 1.29 is 29.6 Å². The van der Waals surface area contributed by atoms with Gasteiger partial charge in [-0.1, -0.05) is 35.4 Å². The Kier molecular flexibility index (Phi) is 7.17. The molecule has 0 aliphatic carbocycles. The van der Waals surface area contributed by atoms with Gasteiger partial charge in [-0.25, -0.2) is 13.2 Å². The molecule has 0 spiro atoms. The molecule has 2 heterocycles. The van der Waals surface area contributed by atoms with Crippen molar-refractivity contribution in [3.8, 4) is 11.1 Å². The van der Waals surface area contributed by atoms with Crippen molar-refractivity contribution in [1.82, 2.24) is 15.5 Å². The second-order valence-corrected chi connectivity index (χ2v) is 10.2. The van der Waals surface area contributed by atoms with E-state index in [9.17, 15) is 18.0 Å². The molecule has 1 aliphatic heterocycles. The average Bonchev–Trinajstić information content (AvgIpc) is 2.81. The number of benzene rings is 2. The Bertz CT molecular complexity index is 1330. The molecule has 182 valence electrons. The second-order valence-electron chi connectivity index (χ2n) is 8.01. The Hall–Kier alpha value is -3.70. The Balaban J connectivity index is 1.45. The lowest BCUT2D eigenvalue weighted by Gasteiger charge is -2.32. The number of amides is 3. The van der Waals surface area contributed by atoms with E-state index in [1.165, 1.54) is 6.07 Å². The molecule has 1 aliphatic rings. The number of hydrogen-bond donors (Lipinski definition) is 3. The maximum absolute atomic E-state index is 13.1. The maximum Gasteiger partial charge on any atom is 0.336 e. The quantitative estimate of drug-likeness (QED) is 0.462. The lowest BCUT2D eigenvalue weighted by molar-refractivity contribution is -0.297. The molecule has 0 radical (unpaired) electrons. The van der Waals surface area contributed by atoms with Crippen LogP contribution in [0.4, 0.5) is 22.0 Å². The third kappa shape index (κ3) is 6.25. The Labute approximate surface area is 207 Å². The first-order chi connectivity index (χ1) is 16.7. The number of nitrogens with one attached hydrogen (secondary N) is 3. The lowest BCUT2D eigenvalue weighted by Crippen LogP contribution is -2.53. The summed E-state index contributed by atoms with van der Waals surface area (Å²) in [5.74, 6) is 0.0164. The minimum absolute atomic E-state index is 0.217. The molecule has 0 unspecified atom stereocenters. The van der Waals surface area contributed by atoms with Crippen LogP contribution in [0.1, 0.15) is 12.8 Å². The molecule has 3 amide bonds. The van der Waals surface area contributed by atoms with Gasteiger partial charge in [0, 0.05) is 23.9 Å². The Morgan fingerprint density at radius 1 is 1.06 bits per heavy atom. The van der Waals surface area contributed by atoms with E-state index in [4.69, 9.17) is 11.6 Å². The van der Waals surface area contributed by atoms with Gasteiger partial charge in [-0.05, 0) is 42.7 Å². The highest BCUT2D eigenvalue weighted by molar-refractivity contribution is 7.92. The zero-order valence-corrected chi connectivity index (χ0v) is 20.4. The number of nitrogens with zero attached hydrogens (tertiary/aromatic N) is 3. The molecule has 35 heavy (non-hydrogen) atoms. The standard InChI is InChI=1S/C23H23ClN6O4S/c1-35(33,34)29-18-6-3-2-5-17(18)15-8-10-16(11-9-15)30-14-4-7-19(22(30)31)25-23(32)26-21-13-12-20(24)27-28-21/h2-3,5-6,8-13,19,24,29H,4,7,14H2,1H3,(H-,25,26,28,32)/p+1/t19-/m1/s1. The summed E-state index contributed by atoms with van der Waals surface area (Å²) < 4.78 is 25.9. The minimum Gasteiger partial charge on any atom is -0.326 e. The molecule has 2 aromatic carbocycles. The van der Waals surface area contributed by atoms with Crippen molar-refractivity contribution in [3.63, 3.8) is 0 Å². The summed E-state index contributed by atoms with van der Waals surface area (Å²) in [6, 6.07) is 16.2. The predicted molar refractivity (Wildman–Crippen MR) is 130 cm³/mol. The fourth-order valence-corrected chi connectivity index (χ4v) is 4.49. The Morgan fingerprint density at radius 3 is 2.49 bits per heavy atom. The van der Waals surface area contributed by atoms with Crippen LogP contribution in [0, 0.1) is 11.6 Å². The van der Waals surface area contributed by atoms with E-state index >= 15 is 0 Å². The van der Waals surface area contributed by atoms with E-state index in [1.54, 1.807) is 35.2 Å². The number of piperidine rings is 1. The van der Waals surface area contributed by atoms with Gasteiger partial charge in [-0.15, -0.1) is 5.10 Å². The zero-order valence-electron chi connectivity index (χ0n) is 18.8. The van der Waals surface area contributed by atoms with Gasteiger partial charge < -0.3 is 10.2 Å². The molecule has 10 nitrogen and oxygen atoms in total. The molecule has 1 atom stereocenters. The fourth-order valence-electron chi connectivity index (χ4n) is 3.81. The van der Waals surface area contributed by atoms with Crippen LogP contribution in [0.5, 0.6) is 0 Å². The third-order valence-corrected chi connectivity index (χ3v) is 6.15.